The standard InChI is InChI=1S/C19H25ClN4O2/c1-12-5-6-15-14(11-12)16(23-17(20)22-15)21-13-7-9-24(10-8-13)18(25)26-19(2,3)4/h5-6,11,13H,7-10H2,1-4H3,(H,21,22,23). The highest BCUT2D eigenvalue weighted by molar-refractivity contribution is 6.28. The Morgan fingerprint density at radius 1 is 1.27 bits per heavy atom. The lowest BCUT2D eigenvalue weighted by Crippen LogP contribution is -2.44. The first-order valence-electron chi connectivity index (χ1n) is 8.90. The summed E-state index contributed by atoms with van der Waals surface area (Å²) in [6, 6.07) is 6.25. The number of anilines is 1. The van der Waals surface area contributed by atoms with Gasteiger partial charge in [-0.25, -0.2) is 14.8 Å². The quantitative estimate of drug-likeness (QED) is 0.786. The van der Waals surface area contributed by atoms with Crippen molar-refractivity contribution in [3.63, 3.8) is 0 Å². The van der Waals surface area contributed by atoms with E-state index in [-0.39, 0.29) is 17.4 Å². The smallest absolute Gasteiger partial charge is 0.410 e. The lowest BCUT2D eigenvalue weighted by Gasteiger charge is -2.34. The molecular formula is C19H25ClN4O2. The van der Waals surface area contributed by atoms with Crippen LogP contribution in [0.1, 0.15) is 39.2 Å². The summed E-state index contributed by atoms with van der Waals surface area (Å²) >= 11 is 6.08. The van der Waals surface area contributed by atoms with Gasteiger partial charge in [0.1, 0.15) is 11.4 Å². The first kappa shape index (κ1) is 18.7. The number of fused-ring (bicyclic) bond motifs is 1. The molecule has 6 nitrogen and oxygen atoms in total. The monoisotopic (exact) mass is 376 g/mol. The number of carbonyl (C=O) groups is 1. The zero-order valence-corrected chi connectivity index (χ0v) is 16.4. The van der Waals surface area contributed by atoms with Gasteiger partial charge in [-0.05, 0) is 64.3 Å². The third-order valence-electron chi connectivity index (χ3n) is 4.31. The number of rotatable bonds is 2. The fourth-order valence-corrected chi connectivity index (χ4v) is 3.23. The van der Waals surface area contributed by atoms with Gasteiger partial charge in [-0.3, -0.25) is 0 Å². The molecule has 1 amide bonds. The molecule has 0 unspecified atom stereocenters. The minimum absolute atomic E-state index is 0.225. The van der Waals surface area contributed by atoms with Gasteiger partial charge in [0.15, 0.2) is 0 Å². The minimum atomic E-state index is -0.472. The highest BCUT2D eigenvalue weighted by Crippen LogP contribution is 2.26. The number of ether oxygens (including phenoxy) is 1. The van der Waals surface area contributed by atoms with E-state index in [2.05, 4.69) is 21.4 Å². The number of hydrogen-bond acceptors (Lipinski definition) is 5. The summed E-state index contributed by atoms with van der Waals surface area (Å²) in [5.41, 5.74) is 1.50. The molecule has 1 fully saturated rings. The van der Waals surface area contributed by atoms with E-state index in [1.807, 2.05) is 39.8 Å². The molecule has 0 atom stereocenters. The van der Waals surface area contributed by atoms with Crippen molar-refractivity contribution in [2.45, 2.75) is 52.2 Å². The molecule has 1 saturated heterocycles. The van der Waals surface area contributed by atoms with Crippen molar-refractivity contribution < 1.29 is 9.53 Å². The van der Waals surface area contributed by atoms with Gasteiger partial charge in [-0.15, -0.1) is 0 Å². The summed E-state index contributed by atoms with van der Waals surface area (Å²) in [5, 5.41) is 4.68. The van der Waals surface area contributed by atoms with E-state index in [4.69, 9.17) is 16.3 Å². The van der Waals surface area contributed by atoms with Crippen LogP contribution in [0.15, 0.2) is 18.2 Å². The molecule has 0 bridgehead atoms. The highest BCUT2D eigenvalue weighted by atomic mass is 35.5. The number of aryl methyl sites for hydroxylation is 1. The van der Waals surface area contributed by atoms with Crippen LogP contribution in [0.25, 0.3) is 10.9 Å². The van der Waals surface area contributed by atoms with Crippen LogP contribution >= 0.6 is 11.6 Å². The van der Waals surface area contributed by atoms with Gasteiger partial charge in [0.25, 0.3) is 0 Å². The van der Waals surface area contributed by atoms with Crippen LogP contribution in [0.5, 0.6) is 0 Å². The highest BCUT2D eigenvalue weighted by Gasteiger charge is 2.27. The molecule has 1 aromatic heterocycles. The lowest BCUT2D eigenvalue weighted by molar-refractivity contribution is 0.0210. The van der Waals surface area contributed by atoms with Crippen LogP contribution in [0.3, 0.4) is 0 Å². The van der Waals surface area contributed by atoms with E-state index in [0.29, 0.717) is 13.1 Å². The number of aromatic nitrogens is 2. The molecule has 1 N–H and O–H groups in total. The van der Waals surface area contributed by atoms with E-state index in [1.165, 1.54) is 0 Å². The molecule has 3 rings (SSSR count). The minimum Gasteiger partial charge on any atom is -0.444 e. The Hall–Kier alpha value is -2.08. The molecule has 1 aromatic carbocycles. The Morgan fingerprint density at radius 3 is 2.62 bits per heavy atom. The average molecular weight is 377 g/mol. The van der Waals surface area contributed by atoms with Gasteiger partial charge in [0.2, 0.25) is 5.28 Å². The van der Waals surface area contributed by atoms with Crippen LogP contribution in [0, 0.1) is 6.92 Å². The lowest BCUT2D eigenvalue weighted by atomic mass is 10.0. The van der Waals surface area contributed by atoms with E-state index < -0.39 is 5.60 Å². The van der Waals surface area contributed by atoms with E-state index in [9.17, 15) is 4.79 Å². The molecule has 0 saturated carbocycles. The molecule has 2 heterocycles. The van der Waals surface area contributed by atoms with Crippen molar-refractivity contribution in [2.75, 3.05) is 18.4 Å². The molecule has 26 heavy (non-hydrogen) atoms. The zero-order chi connectivity index (χ0) is 18.9. The number of nitrogens with zero attached hydrogens (tertiary/aromatic N) is 3. The average Bonchev–Trinajstić information content (AvgIpc) is 2.54. The summed E-state index contributed by atoms with van der Waals surface area (Å²) in [6.07, 6.45) is 1.41. The van der Waals surface area contributed by atoms with Crippen molar-refractivity contribution in [3.05, 3.63) is 29.0 Å². The molecule has 0 aliphatic carbocycles. The molecular weight excluding hydrogens is 352 g/mol. The Labute approximate surface area is 158 Å². The molecule has 7 heteroatoms. The van der Waals surface area contributed by atoms with Crippen molar-refractivity contribution in [1.82, 2.24) is 14.9 Å². The van der Waals surface area contributed by atoms with E-state index in [0.717, 1.165) is 35.1 Å². The number of benzene rings is 1. The predicted octanol–water partition coefficient (Wildman–Crippen LogP) is 4.40. The van der Waals surface area contributed by atoms with Gasteiger partial charge in [0.05, 0.1) is 5.52 Å². The Kier molecular flexibility index (Phi) is 5.23. The zero-order valence-electron chi connectivity index (χ0n) is 15.7. The molecule has 1 aliphatic heterocycles. The maximum absolute atomic E-state index is 12.2. The Balaban J connectivity index is 1.68. The molecule has 140 valence electrons. The molecule has 2 aromatic rings. The summed E-state index contributed by atoms with van der Waals surface area (Å²) in [4.78, 5) is 22.6. The maximum atomic E-state index is 12.2. The second-order valence-corrected chi connectivity index (χ2v) is 8.09. The van der Waals surface area contributed by atoms with E-state index in [1.54, 1.807) is 4.90 Å². The third kappa shape index (κ3) is 4.55. The number of carbonyl (C=O) groups excluding carboxylic acids is 1. The van der Waals surface area contributed by atoms with Crippen molar-refractivity contribution in [3.8, 4) is 0 Å². The van der Waals surface area contributed by atoms with Gasteiger partial charge >= 0.3 is 6.09 Å². The first-order chi connectivity index (χ1) is 12.2. The van der Waals surface area contributed by atoms with Crippen molar-refractivity contribution >= 4 is 34.4 Å². The predicted molar refractivity (Wildman–Crippen MR) is 104 cm³/mol. The van der Waals surface area contributed by atoms with Crippen molar-refractivity contribution in [1.29, 1.82) is 0 Å². The third-order valence-corrected chi connectivity index (χ3v) is 4.48. The fourth-order valence-electron chi connectivity index (χ4n) is 3.05. The second kappa shape index (κ2) is 7.27. The molecule has 0 spiro atoms. The Bertz CT molecular complexity index is 811. The van der Waals surface area contributed by atoms with Crippen LogP contribution in [-0.2, 0) is 4.74 Å². The topological polar surface area (TPSA) is 67.4 Å². The maximum Gasteiger partial charge on any atom is 0.410 e. The van der Waals surface area contributed by atoms with Gasteiger partial charge in [-0.2, -0.15) is 0 Å². The largest absolute Gasteiger partial charge is 0.444 e. The number of halogens is 1. The van der Waals surface area contributed by atoms with Gasteiger partial charge in [0, 0.05) is 24.5 Å². The molecule has 0 radical (unpaired) electrons. The summed E-state index contributed by atoms with van der Waals surface area (Å²) < 4.78 is 5.45. The second-order valence-electron chi connectivity index (χ2n) is 7.75. The van der Waals surface area contributed by atoms with E-state index >= 15 is 0 Å². The number of amides is 1. The van der Waals surface area contributed by atoms with Crippen LogP contribution in [0.2, 0.25) is 5.28 Å². The number of likely N-dealkylation sites (tertiary alicyclic amines) is 1. The SMILES string of the molecule is Cc1ccc2nc(Cl)nc(NC3CCN(C(=O)OC(C)(C)C)CC3)c2c1. The summed E-state index contributed by atoms with van der Waals surface area (Å²) in [7, 11) is 0. The van der Waals surface area contributed by atoms with Crippen LogP contribution < -0.4 is 5.32 Å². The summed E-state index contributed by atoms with van der Waals surface area (Å²) in [6.45, 7) is 8.99. The Morgan fingerprint density at radius 2 is 1.96 bits per heavy atom. The number of piperidine rings is 1. The first-order valence-corrected chi connectivity index (χ1v) is 9.27. The molecule has 1 aliphatic rings. The van der Waals surface area contributed by atoms with Gasteiger partial charge < -0.3 is 15.0 Å². The number of nitrogens with one attached hydrogen (secondary N) is 1. The van der Waals surface area contributed by atoms with Crippen LogP contribution in [0.4, 0.5) is 10.6 Å². The van der Waals surface area contributed by atoms with Crippen molar-refractivity contribution in [2.24, 2.45) is 0 Å². The fraction of sp³-hybridized carbons (Fsp3) is 0.526. The van der Waals surface area contributed by atoms with Gasteiger partial charge in [-0.1, -0.05) is 11.6 Å². The summed E-state index contributed by atoms with van der Waals surface area (Å²) in [5.74, 6) is 0.749. The number of hydrogen-bond donors (Lipinski definition) is 1. The normalized spacial score (nSPS) is 16.0. The van der Waals surface area contributed by atoms with Crippen LogP contribution in [-0.4, -0.2) is 45.7 Å².